The number of methoxy groups -OCH3 is 1. The lowest BCUT2D eigenvalue weighted by molar-refractivity contribution is -0.141. The summed E-state index contributed by atoms with van der Waals surface area (Å²) in [4.78, 5) is 26.2. The smallest absolute Gasteiger partial charge is 0.325 e. The van der Waals surface area contributed by atoms with Gasteiger partial charge in [0, 0.05) is 18.8 Å². The second kappa shape index (κ2) is 6.28. The molecule has 0 unspecified atom stereocenters. The Bertz CT molecular complexity index is 545. The molecule has 0 aliphatic heterocycles. The lowest BCUT2D eigenvalue weighted by atomic mass is 10.1. The molecule has 0 aromatic carbocycles. The Balaban J connectivity index is 2.30. The highest BCUT2D eigenvalue weighted by Crippen LogP contribution is 2.26. The van der Waals surface area contributed by atoms with Gasteiger partial charge >= 0.3 is 5.97 Å². The van der Waals surface area contributed by atoms with E-state index in [2.05, 4.69) is 5.10 Å². The maximum Gasteiger partial charge on any atom is 0.325 e. The molecule has 0 saturated heterocycles. The Labute approximate surface area is 125 Å². The third-order valence-electron chi connectivity index (χ3n) is 4.28. The molecule has 1 aliphatic carbocycles. The number of ether oxygens (including phenoxy) is 1. The lowest BCUT2D eigenvalue weighted by Crippen LogP contribution is -2.43. The topological polar surface area (TPSA) is 64.4 Å². The molecule has 0 bridgehead atoms. The number of rotatable bonds is 4. The van der Waals surface area contributed by atoms with Gasteiger partial charge in [0.1, 0.15) is 6.54 Å². The van der Waals surface area contributed by atoms with Crippen molar-refractivity contribution in [3.8, 4) is 0 Å². The summed E-state index contributed by atoms with van der Waals surface area (Å²) in [5.41, 5.74) is 2.13. The van der Waals surface area contributed by atoms with E-state index < -0.39 is 0 Å². The van der Waals surface area contributed by atoms with Gasteiger partial charge in [-0.25, -0.2) is 0 Å². The Hall–Kier alpha value is -1.85. The van der Waals surface area contributed by atoms with Crippen LogP contribution in [0.1, 0.15) is 47.4 Å². The molecule has 1 aromatic heterocycles. The molecule has 2 rings (SSSR count). The molecule has 1 amide bonds. The highest BCUT2D eigenvalue weighted by atomic mass is 16.5. The van der Waals surface area contributed by atoms with Crippen LogP contribution in [0.15, 0.2) is 0 Å². The number of aromatic nitrogens is 2. The lowest BCUT2D eigenvalue weighted by Gasteiger charge is -2.28. The Morgan fingerprint density at radius 1 is 1.33 bits per heavy atom. The van der Waals surface area contributed by atoms with Crippen molar-refractivity contribution < 1.29 is 14.3 Å². The zero-order valence-electron chi connectivity index (χ0n) is 13.2. The highest BCUT2D eigenvalue weighted by molar-refractivity contribution is 5.98. The summed E-state index contributed by atoms with van der Waals surface area (Å²) in [5, 5.41) is 4.29. The molecule has 0 spiro atoms. The summed E-state index contributed by atoms with van der Waals surface area (Å²) in [7, 11) is 3.17. The van der Waals surface area contributed by atoms with E-state index in [4.69, 9.17) is 4.74 Å². The highest BCUT2D eigenvalue weighted by Gasteiger charge is 2.32. The zero-order valence-corrected chi connectivity index (χ0v) is 13.2. The van der Waals surface area contributed by atoms with Gasteiger partial charge in [0.05, 0.1) is 18.4 Å². The first-order valence-electron chi connectivity index (χ1n) is 7.33. The Kier molecular flexibility index (Phi) is 4.65. The van der Waals surface area contributed by atoms with E-state index in [-0.39, 0.29) is 24.5 Å². The van der Waals surface area contributed by atoms with Crippen LogP contribution < -0.4 is 0 Å². The molecule has 6 nitrogen and oxygen atoms in total. The minimum atomic E-state index is -0.380. The van der Waals surface area contributed by atoms with Crippen LogP contribution in [0.5, 0.6) is 0 Å². The molecule has 1 aliphatic rings. The normalized spacial score (nSPS) is 15.2. The largest absolute Gasteiger partial charge is 0.468 e. The quantitative estimate of drug-likeness (QED) is 0.791. The Morgan fingerprint density at radius 3 is 2.43 bits per heavy atom. The van der Waals surface area contributed by atoms with Crippen LogP contribution in [0, 0.1) is 13.8 Å². The van der Waals surface area contributed by atoms with Crippen LogP contribution in [0.25, 0.3) is 0 Å². The number of hydrogen-bond donors (Lipinski definition) is 0. The van der Waals surface area contributed by atoms with Crippen molar-refractivity contribution in [3.05, 3.63) is 17.0 Å². The third kappa shape index (κ3) is 3.09. The van der Waals surface area contributed by atoms with Crippen molar-refractivity contribution in [2.75, 3.05) is 13.7 Å². The van der Waals surface area contributed by atoms with E-state index in [1.54, 1.807) is 9.58 Å². The predicted octanol–water partition coefficient (Wildman–Crippen LogP) is 1.59. The molecular weight excluding hydrogens is 270 g/mol. The number of esters is 1. The third-order valence-corrected chi connectivity index (χ3v) is 4.28. The maximum absolute atomic E-state index is 12.9. The van der Waals surface area contributed by atoms with Crippen LogP contribution in [0.4, 0.5) is 0 Å². The van der Waals surface area contributed by atoms with Crippen molar-refractivity contribution in [1.82, 2.24) is 14.7 Å². The summed E-state index contributed by atoms with van der Waals surface area (Å²) in [6.45, 7) is 3.71. The fraction of sp³-hybridized carbons (Fsp3) is 0.667. The standard InChI is InChI=1S/C15H23N3O3/c1-10-14(11(2)17(3)16-10)15(20)18(9-13(19)21-4)12-7-5-6-8-12/h12H,5-9H2,1-4H3. The van der Waals surface area contributed by atoms with Gasteiger partial charge in [0.2, 0.25) is 0 Å². The van der Waals surface area contributed by atoms with E-state index in [9.17, 15) is 9.59 Å². The van der Waals surface area contributed by atoms with Crippen LogP contribution in [-0.2, 0) is 16.6 Å². The van der Waals surface area contributed by atoms with Crippen LogP contribution in [-0.4, -0.2) is 46.3 Å². The van der Waals surface area contributed by atoms with Crippen molar-refractivity contribution in [3.63, 3.8) is 0 Å². The number of nitrogens with zero attached hydrogens (tertiary/aromatic N) is 3. The first kappa shape index (κ1) is 15.5. The fourth-order valence-electron chi connectivity index (χ4n) is 3.01. The monoisotopic (exact) mass is 293 g/mol. The van der Waals surface area contributed by atoms with Crippen molar-refractivity contribution in [1.29, 1.82) is 0 Å². The molecule has 6 heteroatoms. The number of aryl methyl sites for hydroxylation is 2. The fourth-order valence-corrected chi connectivity index (χ4v) is 3.01. The summed E-state index contributed by atoms with van der Waals surface area (Å²) < 4.78 is 6.44. The number of amides is 1. The molecule has 21 heavy (non-hydrogen) atoms. The predicted molar refractivity (Wildman–Crippen MR) is 78.0 cm³/mol. The van der Waals surface area contributed by atoms with Gasteiger partial charge in [-0.3, -0.25) is 14.3 Å². The van der Waals surface area contributed by atoms with E-state index in [1.807, 2.05) is 20.9 Å². The molecular formula is C15H23N3O3. The van der Waals surface area contributed by atoms with E-state index in [1.165, 1.54) is 7.11 Å². The van der Waals surface area contributed by atoms with Crippen LogP contribution in [0.2, 0.25) is 0 Å². The molecule has 1 saturated carbocycles. The average Bonchev–Trinajstić information content (AvgIpc) is 3.05. The van der Waals surface area contributed by atoms with Gasteiger partial charge in [-0.05, 0) is 26.7 Å². The molecule has 0 radical (unpaired) electrons. The van der Waals surface area contributed by atoms with Crippen molar-refractivity contribution in [2.45, 2.75) is 45.6 Å². The minimum Gasteiger partial charge on any atom is -0.468 e. The van der Waals surface area contributed by atoms with Gasteiger partial charge in [-0.2, -0.15) is 5.10 Å². The molecule has 0 N–H and O–H groups in total. The summed E-state index contributed by atoms with van der Waals surface area (Å²) in [5.74, 6) is -0.496. The Morgan fingerprint density at radius 2 is 1.95 bits per heavy atom. The van der Waals surface area contributed by atoms with Gasteiger partial charge in [0.25, 0.3) is 5.91 Å². The number of carbonyl (C=O) groups is 2. The number of hydrogen-bond acceptors (Lipinski definition) is 4. The molecule has 1 aromatic rings. The molecule has 116 valence electrons. The summed E-state index contributed by atoms with van der Waals surface area (Å²) in [6.07, 6.45) is 4.09. The van der Waals surface area contributed by atoms with Gasteiger partial charge in [0.15, 0.2) is 0 Å². The van der Waals surface area contributed by atoms with Crippen LogP contribution in [0.3, 0.4) is 0 Å². The molecule has 1 fully saturated rings. The van der Waals surface area contributed by atoms with Crippen molar-refractivity contribution in [2.24, 2.45) is 7.05 Å². The zero-order chi connectivity index (χ0) is 15.6. The first-order valence-corrected chi connectivity index (χ1v) is 7.33. The summed E-state index contributed by atoms with van der Waals surface area (Å²) >= 11 is 0. The summed E-state index contributed by atoms with van der Waals surface area (Å²) in [6, 6.07) is 0.121. The molecule has 0 atom stereocenters. The SMILES string of the molecule is COC(=O)CN(C(=O)c1c(C)nn(C)c1C)C1CCCC1. The van der Waals surface area contributed by atoms with E-state index >= 15 is 0 Å². The van der Waals surface area contributed by atoms with Gasteiger partial charge < -0.3 is 9.64 Å². The van der Waals surface area contributed by atoms with Crippen LogP contribution >= 0.6 is 0 Å². The maximum atomic E-state index is 12.9. The second-order valence-corrected chi connectivity index (χ2v) is 5.62. The van der Waals surface area contributed by atoms with Gasteiger partial charge in [-0.15, -0.1) is 0 Å². The molecule has 1 heterocycles. The van der Waals surface area contributed by atoms with E-state index in [0.717, 1.165) is 31.4 Å². The van der Waals surface area contributed by atoms with Crippen molar-refractivity contribution >= 4 is 11.9 Å². The number of carbonyl (C=O) groups excluding carboxylic acids is 2. The van der Waals surface area contributed by atoms with Gasteiger partial charge in [-0.1, -0.05) is 12.8 Å². The first-order chi connectivity index (χ1) is 9.95. The average molecular weight is 293 g/mol. The minimum absolute atomic E-state index is 0.00771. The van der Waals surface area contributed by atoms with E-state index in [0.29, 0.717) is 11.3 Å². The second-order valence-electron chi connectivity index (χ2n) is 5.62.